The second kappa shape index (κ2) is 12.3. The third kappa shape index (κ3) is 7.39. The Bertz CT molecular complexity index is 1430. The van der Waals surface area contributed by atoms with Gasteiger partial charge in [-0.05, 0) is 70.4 Å². The van der Waals surface area contributed by atoms with E-state index in [1.54, 1.807) is 12.1 Å². The molecule has 2 N–H and O–H groups in total. The Balaban J connectivity index is 1.75. The van der Waals surface area contributed by atoms with Gasteiger partial charge in [0.2, 0.25) is 0 Å². The zero-order chi connectivity index (χ0) is 26.9. The number of rotatable bonds is 9. The molecule has 0 aliphatic carbocycles. The van der Waals surface area contributed by atoms with Crippen LogP contribution in [0.5, 0.6) is 11.5 Å². The molecule has 0 aliphatic rings. The van der Waals surface area contributed by atoms with Crippen molar-refractivity contribution in [3.63, 3.8) is 0 Å². The van der Waals surface area contributed by atoms with E-state index in [-0.39, 0.29) is 41.0 Å². The maximum absolute atomic E-state index is 12.6. The van der Waals surface area contributed by atoms with E-state index < -0.39 is 10.8 Å². The first-order valence-electron chi connectivity index (χ1n) is 10.7. The summed E-state index contributed by atoms with van der Waals surface area (Å²) in [6.07, 6.45) is 1.33. The number of non-ortho nitro benzene ring substituents is 1. The van der Waals surface area contributed by atoms with Crippen LogP contribution in [0.15, 0.2) is 70.7 Å². The number of ether oxygens (including phenoxy) is 2. The van der Waals surface area contributed by atoms with Gasteiger partial charge >= 0.3 is 0 Å². The summed E-state index contributed by atoms with van der Waals surface area (Å²) < 4.78 is 11.5. The van der Waals surface area contributed by atoms with Crippen LogP contribution in [0.1, 0.15) is 11.1 Å². The van der Waals surface area contributed by atoms with Crippen molar-refractivity contribution in [1.82, 2.24) is 0 Å². The molecule has 0 aliphatic heterocycles. The van der Waals surface area contributed by atoms with E-state index in [1.807, 2.05) is 31.2 Å². The number of anilines is 2. The zero-order valence-electron chi connectivity index (χ0n) is 19.8. The Hall–Kier alpha value is -4.69. The fourth-order valence-corrected chi connectivity index (χ4v) is 3.81. The van der Waals surface area contributed by atoms with Gasteiger partial charge in [0.05, 0.1) is 16.5 Å². The number of carbonyl (C=O) groups excluding carboxylic acids is 2. The lowest BCUT2D eigenvalue weighted by Gasteiger charge is -2.14. The largest absolute Gasteiger partial charge is 0.493 e. The lowest BCUT2D eigenvalue weighted by molar-refractivity contribution is -0.384. The summed E-state index contributed by atoms with van der Waals surface area (Å²) in [5, 5.41) is 25.7. The van der Waals surface area contributed by atoms with E-state index in [1.165, 1.54) is 43.5 Å². The predicted molar refractivity (Wildman–Crippen MR) is 141 cm³/mol. The van der Waals surface area contributed by atoms with E-state index in [4.69, 9.17) is 9.47 Å². The van der Waals surface area contributed by atoms with E-state index in [9.17, 15) is 25.0 Å². The van der Waals surface area contributed by atoms with Gasteiger partial charge in [-0.25, -0.2) is 0 Å². The van der Waals surface area contributed by atoms with Crippen molar-refractivity contribution in [1.29, 1.82) is 5.26 Å². The molecule has 0 bridgehead atoms. The standard InChI is InChI=1S/C26H21BrN4O6/c1-16-5-3-6-19(9-16)29-24(32)15-37-25-22(27)11-17(12-23(25)36-2)10-18(14-28)26(33)30-20-7-4-8-21(13-20)31(34)35/h3-13H,15H2,1-2H3,(H,29,32)(H,30,33)/b18-10+. The molecular weight excluding hydrogens is 544 g/mol. The maximum atomic E-state index is 12.6. The number of benzene rings is 3. The Kier molecular flexibility index (Phi) is 8.96. The quantitative estimate of drug-likeness (QED) is 0.156. The van der Waals surface area contributed by atoms with Gasteiger partial charge in [0.1, 0.15) is 11.6 Å². The molecule has 3 aromatic carbocycles. The van der Waals surface area contributed by atoms with Gasteiger partial charge < -0.3 is 20.1 Å². The highest BCUT2D eigenvalue weighted by molar-refractivity contribution is 9.10. The number of nitro groups is 1. The topological polar surface area (TPSA) is 144 Å². The summed E-state index contributed by atoms with van der Waals surface area (Å²) in [4.78, 5) is 35.3. The van der Waals surface area contributed by atoms with E-state index in [2.05, 4.69) is 26.6 Å². The third-order valence-corrected chi connectivity index (χ3v) is 5.48. The summed E-state index contributed by atoms with van der Waals surface area (Å²) >= 11 is 3.38. The average molecular weight is 565 g/mol. The van der Waals surface area contributed by atoms with Gasteiger partial charge in [-0.1, -0.05) is 18.2 Å². The van der Waals surface area contributed by atoms with Crippen molar-refractivity contribution in [2.75, 3.05) is 24.4 Å². The Morgan fingerprint density at radius 1 is 1.11 bits per heavy atom. The first kappa shape index (κ1) is 26.9. The van der Waals surface area contributed by atoms with Gasteiger partial charge in [0.25, 0.3) is 17.5 Å². The summed E-state index contributed by atoms with van der Waals surface area (Å²) in [5.74, 6) is -0.585. The molecule has 3 rings (SSSR count). The van der Waals surface area contributed by atoms with E-state index in [0.717, 1.165) is 5.56 Å². The van der Waals surface area contributed by atoms with Crippen molar-refractivity contribution in [3.05, 3.63) is 92.0 Å². The van der Waals surface area contributed by atoms with Gasteiger partial charge in [-0.15, -0.1) is 0 Å². The molecule has 10 nitrogen and oxygen atoms in total. The maximum Gasteiger partial charge on any atom is 0.271 e. The second-order valence-corrected chi connectivity index (χ2v) is 8.53. The minimum Gasteiger partial charge on any atom is -0.493 e. The van der Waals surface area contributed by atoms with E-state index in [0.29, 0.717) is 15.7 Å². The number of hydrogen-bond donors (Lipinski definition) is 2. The third-order valence-electron chi connectivity index (χ3n) is 4.89. The monoisotopic (exact) mass is 564 g/mol. The highest BCUT2D eigenvalue weighted by Gasteiger charge is 2.16. The summed E-state index contributed by atoms with van der Waals surface area (Å²) in [5.41, 5.74) is 1.82. The number of halogens is 1. The van der Waals surface area contributed by atoms with Crippen molar-refractivity contribution in [3.8, 4) is 17.6 Å². The fourth-order valence-electron chi connectivity index (χ4n) is 3.23. The van der Waals surface area contributed by atoms with Crippen molar-refractivity contribution in [2.45, 2.75) is 6.92 Å². The minimum absolute atomic E-state index is 0.173. The smallest absolute Gasteiger partial charge is 0.271 e. The molecule has 188 valence electrons. The van der Waals surface area contributed by atoms with E-state index >= 15 is 0 Å². The zero-order valence-corrected chi connectivity index (χ0v) is 21.4. The molecule has 37 heavy (non-hydrogen) atoms. The van der Waals surface area contributed by atoms with Gasteiger partial charge in [-0.2, -0.15) is 5.26 Å². The highest BCUT2D eigenvalue weighted by Crippen LogP contribution is 2.37. The molecule has 0 unspecified atom stereocenters. The number of amides is 2. The number of nitro benzene ring substituents is 1. The predicted octanol–water partition coefficient (Wildman–Crippen LogP) is 5.24. The van der Waals surface area contributed by atoms with Crippen LogP contribution in [-0.2, 0) is 9.59 Å². The number of aryl methyl sites for hydroxylation is 1. The van der Waals surface area contributed by atoms with Gasteiger partial charge in [-0.3, -0.25) is 19.7 Å². The number of nitrogens with zero attached hydrogens (tertiary/aromatic N) is 2. The van der Waals surface area contributed by atoms with Gasteiger partial charge in [0.15, 0.2) is 18.1 Å². The van der Waals surface area contributed by atoms with Crippen LogP contribution >= 0.6 is 15.9 Å². The van der Waals surface area contributed by atoms with Crippen molar-refractivity contribution >= 4 is 50.9 Å². The average Bonchev–Trinajstić information content (AvgIpc) is 2.86. The number of nitrogens with one attached hydrogen (secondary N) is 2. The molecule has 2 amide bonds. The van der Waals surface area contributed by atoms with Crippen molar-refractivity contribution in [2.24, 2.45) is 0 Å². The molecular formula is C26H21BrN4O6. The Morgan fingerprint density at radius 2 is 1.81 bits per heavy atom. The summed E-state index contributed by atoms with van der Waals surface area (Å²) in [6, 6.07) is 17.7. The normalized spacial score (nSPS) is 10.7. The molecule has 3 aromatic rings. The molecule has 0 spiro atoms. The lowest BCUT2D eigenvalue weighted by atomic mass is 10.1. The first-order chi connectivity index (χ1) is 17.7. The molecule has 0 aromatic heterocycles. The number of nitriles is 1. The van der Waals surface area contributed by atoms with Crippen LogP contribution in [-0.4, -0.2) is 30.5 Å². The first-order valence-corrected chi connectivity index (χ1v) is 11.5. The minimum atomic E-state index is -0.744. The molecule has 0 fully saturated rings. The summed E-state index contributed by atoms with van der Waals surface area (Å²) in [7, 11) is 1.41. The van der Waals surface area contributed by atoms with Crippen LogP contribution in [0, 0.1) is 28.4 Å². The molecule has 0 saturated carbocycles. The number of hydrogen-bond acceptors (Lipinski definition) is 7. The second-order valence-electron chi connectivity index (χ2n) is 7.67. The molecule has 0 atom stereocenters. The Labute approximate surface area is 220 Å². The fraction of sp³-hybridized carbons (Fsp3) is 0.115. The van der Waals surface area contributed by atoms with Crippen molar-refractivity contribution < 1.29 is 24.0 Å². The van der Waals surface area contributed by atoms with Gasteiger partial charge in [0, 0.05) is 23.5 Å². The van der Waals surface area contributed by atoms with Crippen LogP contribution in [0.25, 0.3) is 6.08 Å². The molecule has 0 heterocycles. The van der Waals surface area contributed by atoms with Crippen LogP contribution in [0.4, 0.5) is 17.1 Å². The van der Waals surface area contributed by atoms with Crippen LogP contribution in [0.2, 0.25) is 0 Å². The highest BCUT2D eigenvalue weighted by atomic mass is 79.9. The SMILES string of the molecule is COc1cc(/C=C(\C#N)C(=O)Nc2cccc([N+](=O)[O-])c2)cc(Br)c1OCC(=O)Nc1cccc(C)c1. The van der Waals surface area contributed by atoms with Crippen LogP contribution in [0.3, 0.4) is 0 Å². The number of carbonyl (C=O) groups is 2. The lowest BCUT2D eigenvalue weighted by Crippen LogP contribution is -2.20. The summed E-state index contributed by atoms with van der Waals surface area (Å²) in [6.45, 7) is 1.63. The Morgan fingerprint density at radius 3 is 2.46 bits per heavy atom. The number of methoxy groups -OCH3 is 1. The van der Waals surface area contributed by atoms with Crippen LogP contribution < -0.4 is 20.1 Å². The molecule has 11 heteroatoms. The molecule has 0 saturated heterocycles. The molecule has 0 radical (unpaired) electrons.